The van der Waals surface area contributed by atoms with Crippen LogP contribution in [0.2, 0.25) is 5.02 Å². The van der Waals surface area contributed by atoms with E-state index >= 15 is 0 Å². The molecule has 0 unspecified atom stereocenters. The fourth-order valence-electron chi connectivity index (χ4n) is 3.54. The van der Waals surface area contributed by atoms with Gasteiger partial charge < -0.3 is 19.7 Å². The molecule has 34 heavy (non-hydrogen) atoms. The van der Waals surface area contributed by atoms with Gasteiger partial charge in [-0.1, -0.05) is 23.7 Å². The molecule has 3 aromatic carbocycles. The maximum atomic E-state index is 13.4. The van der Waals surface area contributed by atoms with E-state index in [1.807, 2.05) is 36.2 Å². The number of ether oxygens (including phenoxy) is 2. The molecular formula is C25H21ClFN5O2. The first-order chi connectivity index (χ1) is 16.5. The van der Waals surface area contributed by atoms with Crippen LogP contribution in [-0.4, -0.2) is 41.1 Å². The molecule has 4 aromatic rings. The number of anilines is 2. The summed E-state index contributed by atoms with van der Waals surface area (Å²) in [5, 5.41) is 4.53. The first-order valence-corrected chi connectivity index (χ1v) is 11.0. The second-order valence-electron chi connectivity index (χ2n) is 7.78. The second kappa shape index (κ2) is 9.52. The topological polar surface area (TPSA) is 71.9 Å². The van der Waals surface area contributed by atoms with Gasteiger partial charge in [-0.2, -0.15) is 4.99 Å². The highest BCUT2D eigenvalue weighted by Crippen LogP contribution is 2.32. The zero-order valence-corrected chi connectivity index (χ0v) is 19.1. The third kappa shape index (κ3) is 4.87. The van der Waals surface area contributed by atoms with Crippen LogP contribution in [0.3, 0.4) is 0 Å². The fraction of sp³-hybridized carbons (Fsp3) is 0.160. The number of aromatic nitrogens is 2. The molecular weight excluding hydrogens is 457 g/mol. The highest BCUT2D eigenvalue weighted by Gasteiger charge is 2.16. The SMILES string of the molecule is CN1CCO/C1=N\c1ccc2ncnc(Nc3ccc(OCc4cccc(F)c4)c(Cl)c3)c2c1. The Balaban J connectivity index is 1.36. The number of hydrogen-bond donors (Lipinski definition) is 1. The van der Waals surface area contributed by atoms with Crippen molar-refractivity contribution in [2.75, 3.05) is 25.5 Å². The lowest BCUT2D eigenvalue weighted by molar-refractivity contribution is 0.306. The maximum absolute atomic E-state index is 13.4. The van der Waals surface area contributed by atoms with Crippen molar-refractivity contribution in [3.05, 3.63) is 83.4 Å². The highest BCUT2D eigenvalue weighted by molar-refractivity contribution is 6.32. The molecule has 1 aliphatic rings. The normalized spacial score (nSPS) is 14.4. The van der Waals surface area contributed by atoms with Crippen LogP contribution in [0.15, 0.2) is 72.0 Å². The molecule has 1 aliphatic heterocycles. The van der Waals surface area contributed by atoms with Crippen molar-refractivity contribution in [1.29, 1.82) is 0 Å². The van der Waals surface area contributed by atoms with Gasteiger partial charge in [-0.25, -0.2) is 14.4 Å². The van der Waals surface area contributed by atoms with Gasteiger partial charge in [0.15, 0.2) is 0 Å². The number of benzene rings is 3. The summed E-state index contributed by atoms with van der Waals surface area (Å²) in [6, 6.07) is 17.9. The molecule has 7 nitrogen and oxygen atoms in total. The van der Waals surface area contributed by atoms with Crippen molar-refractivity contribution >= 4 is 45.7 Å². The van der Waals surface area contributed by atoms with E-state index < -0.39 is 0 Å². The Morgan fingerprint density at radius 3 is 2.85 bits per heavy atom. The predicted octanol–water partition coefficient (Wildman–Crippen LogP) is 5.69. The molecule has 5 rings (SSSR count). The summed E-state index contributed by atoms with van der Waals surface area (Å²) in [5.74, 6) is 0.821. The third-order valence-electron chi connectivity index (χ3n) is 5.31. The van der Waals surface area contributed by atoms with Crippen molar-refractivity contribution in [3.63, 3.8) is 0 Å². The number of hydrogen-bond acceptors (Lipinski definition) is 6. The summed E-state index contributed by atoms with van der Waals surface area (Å²) in [6.45, 7) is 1.65. The molecule has 0 spiro atoms. The molecule has 0 aliphatic carbocycles. The van der Waals surface area contributed by atoms with Crippen molar-refractivity contribution in [2.45, 2.75) is 6.61 Å². The number of nitrogens with one attached hydrogen (secondary N) is 1. The van der Waals surface area contributed by atoms with E-state index in [2.05, 4.69) is 20.3 Å². The number of amidine groups is 1. The van der Waals surface area contributed by atoms with E-state index in [9.17, 15) is 4.39 Å². The predicted molar refractivity (Wildman–Crippen MR) is 131 cm³/mol. The van der Waals surface area contributed by atoms with Gasteiger partial charge >= 0.3 is 0 Å². The number of fused-ring (bicyclic) bond motifs is 1. The van der Waals surface area contributed by atoms with Crippen molar-refractivity contribution in [3.8, 4) is 5.75 Å². The monoisotopic (exact) mass is 477 g/mol. The molecule has 1 fully saturated rings. The van der Waals surface area contributed by atoms with Crippen LogP contribution in [0.5, 0.6) is 5.75 Å². The van der Waals surface area contributed by atoms with Crippen LogP contribution >= 0.6 is 11.6 Å². The molecule has 0 amide bonds. The molecule has 1 saturated heterocycles. The van der Waals surface area contributed by atoms with Crippen LogP contribution in [0.4, 0.5) is 21.6 Å². The smallest absolute Gasteiger partial charge is 0.292 e. The molecule has 9 heteroatoms. The molecule has 0 saturated carbocycles. The van der Waals surface area contributed by atoms with Crippen LogP contribution in [-0.2, 0) is 11.3 Å². The quantitative estimate of drug-likeness (QED) is 0.384. The van der Waals surface area contributed by atoms with E-state index in [0.29, 0.717) is 29.2 Å². The van der Waals surface area contributed by atoms with E-state index in [0.717, 1.165) is 34.4 Å². The number of halogens is 2. The van der Waals surface area contributed by atoms with Gasteiger partial charge in [-0.3, -0.25) is 0 Å². The summed E-state index contributed by atoms with van der Waals surface area (Å²) < 4.78 is 24.7. The number of rotatable bonds is 6. The van der Waals surface area contributed by atoms with E-state index in [4.69, 9.17) is 21.1 Å². The summed E-state index contributed by atoms with van der Waals surface area (Å²) in [5.41, 5.74) is 2.98. The average Bonchev–Trinajstić information content (AvgIpc) is 3.23. The largest absolute Gasteiger partial charge is 0.487 e. The van der Waals surface area contributed by atoms with Gasteiger partial charge in [0.05, 0.1) is 22.8 Å². The minimum Gasteiger partial charge on any atom is -0.487 e. The van der Waals surface area contributed by atoms with Gasteiger partial charge in [0, 0.05) is 18.1 Å². The molecule has 0 radical (unpaired) electrons. The number of nitrogens with zero attached hydrogens (tertiary/aromatic N) is 4. The van der Waals surface area contributed by atoms with Crippen molar-refractivity contribution in [1.82, 2.24) is 14.9 Å². The van der Waals surface area contributed by atoms with Crippen LogP contribution in [0.25, 0.3) is 10.9 Å². The lowest BCUT2D eigenvalue weighted by Gasteiger charge is -2.12. The first kappa shape index (κ1) is 21.9. The Morgan fingerprint density at radius 2 is 2.06 bits per heavy atom. The fourth-order valence-corrected chi connectivity index (χ4v) is 3.78. The zero-order chi connectivity index (χ0) is 23.5. The van der Waals surface area contributed by atoms with Crippen molar-refractivity contribution in [2.24, 2.45) is 4.99 Å². The summed E-state index contributed by atoms with van der Waals surface area (Å²) in [4.78, 5) is 15.3. The van der Waals surface area contributed by atoms with Gasteiger partial charge in [-0.15, -0.1) is 0 Å². The Labute approximate surface area is 200 Å². The summed E-state index contributed by atoms with van der Waals surface area (Å²) >= 11 is 6.44. The Morgan fingerprint density at radius 1 is 1.15 bits per heavy atom. The Kier molecular flexibility index (Phi) is 6.14. The average molecular weight is 478 g/mol. The van der Waals surface area contributed by atoms with Crippen LogP contribution in [0, 0.1) is 5.82 Å². The standard InChI is InChI=1S/C25H21ClFN5O2/c1-32-9-10-33-25(32)31-18-5-7-22-20(12-18)24(29-15-28-22)30-19-6-8-23(21(26)13-19)34-14-16-3-2-4-17(27)11-16/h2-8,11-13,15H,9-10,14H2,1H3,(H,28,29,30)/b31-25-. The van der Waals surface area contributed by atoms with Gasteiger partial charge in [0.2, 0.25) is 0 Å². The molecule has 1 aromatic heterocycles. The highest BCUT2D eigenvalue weighted by atomic mass is 35.5. The molecule has 2 heterocycles. The van der Waals surface area contributed by atoms with Gasteiger partial charge in [0.1, 0.15) is 36.9 Å². The molecule has 0 atom stereocenters. The first-order valence-electron chi connectivity index (χ1n) is 10.7. The molecule has 1 N–H and O–H groups in total. The minimum atomic E-state index is -0.304. The summed E-state index contributed by atoms with van der Waals surface area (Å²) in [6.07, 6.45) is 1.50. The third-order valence-corrected chi connectivity index (χ3v) is 5.60. The van der Waals surface area contributed by atoms with Crippen molar-refractivity contribution < 1.29 is 13.9 Å². The lowest BCUT2D eigenvalue weighted by atomic mass is 10.2. The lowest BCUT2D eigenvalue weighted by Crippen LogP contribution is -2.19. The number of aliphatic imine (C=N–C) groups is 1. The summed E-state index contributed by atoms with van der Waals surface area (Å²) in [7, 11) is 1.94. The van der Waals surface area contributed by atoms with Gasteiger partial charge in [-0.05, 0) is 54.1 Å². The Hall–Kier alpha value is -3.91. The zero-order valence-electron chi connectivity index (χ0n) is 18.3. The number of likely N-dealkylation sites (N-methyl/N-ethyl adjacent to an activating group) is 1. The molecule has 0 bridgehead atoms. The second-order valence-corrected chi connectivity index (χ2v) is 8.18. The minimum absolute atomic E-state index is 0.213. The van der Waals surface area contributed by atoms with E-state index in [-0.39, 0.29) is 12.4 Å². The maximum Gasteiger partial charge on any atom is 0.292 e. The Bertz CT molecular complexity index is 1380. The van der Waals surface area contributed by atoms with E-state index in [1.54, 1.807) is 24.3 Å². The molecule has 172 valence electrons. The van der Waals surface area contributed by atoms with E-state index in [1.165, 1.54) is 18.5 Å². The van der Waals surface area contributed by atoms with Crippen LogP contribution in [0.1, 0.15) is 5.56 Å². The van der Waals surface area contributed by atoms with Gasteiger partial charge in [0.25, 0.3) is 6.02 Å². The van der Waals surface area contributed by atoms with Crippen LogP contribution < -0.4 is 10.1 Å².